The van der Waals surface area contributed by atoms with Crippen LogP contribution in [0.25, 0.3) is 11.3 Å². The van der Waals surface area contributed by atoms with Gasteiger partial charge in [0.1, 0.15) is 11.6 Å². The van der Waals surface area contributed by atoms with Gasteiger partial charge in [-0.1, -0.05) is 20.3 Å². The molecule has 2 aliphatic rings. The SMILES string of the molecule is CC1(C)Cc2ncc(-c3cc(NC(=O)[C@H]4CCC[C@@H](N)C4)ncc3F)n2C1. The number of halogens is 1. The van der Waals surface area contributed by atoms with Gasteiger partial charge in [-0.3, -0.25) is 4.79 Å². The van der Waals surface area contributed by atoms with Crippen molar-refractivity contribution >= 4 is 11.7 Å². The number of hydrogen-bond donors (Lipinski definition) is 2. The van der Waals surface area contributed by atoms with Crippen molar-refractivity contribution in [3.05, 3.63) is 30.1 Å². The van der Waals surface area contributed by atoms with Crippen molar-refractivity contribution in [2.45, 2.75) is 58.5 Å². The molecule has 1 saturated carbocycles. The van der Waals surface area contributed by atoms with E-state index in [-0.39, 0.29) is 23.3 Å². The van der Waals surface area contributed by atoms with Gasteiger partial charge < -0.3 is 15.6 Å². The summed E-state index contributed by atoms with van der Waals surface area (Å²) in [6, 6.07) is 1.68. The molecule has 0 radical (unpaired) electrons. The molecule has 7 heteroatoms. The van der Waals surface area contributed by atoms with E-state index in [1.54, 1.807) is 12.3 Å². The van der Waals surface area contributed by atoms with E-state index in [1.165, 1.54) is 0 Å². The van der Waals surface area contributed by atoms with Gasteiger partial charge in [0.05, 0.1) is 18.1 Å². The highest BCUT2D eigenvalue weighted by Gasteiger charge is 2.32. The fourth-order valence-corrected chi connectivity index (χ4v) is 4.26. The summed E-state index contributed by atoms with van der Waals surface area (Å²) in [6.07, 6.45) is 7.17. The number of pyridine rings is 1. The largest absolute Gasteiger partial charge is 0.328 e. The quantitative estimate of drug-likeness (QED) is 0.868. The Kier molecular flexibility index (Phi) is 4.50. The number of rotatable bonds is 3. The first-order valence-electron chi connectivity index (χ1n) is 9.59. The summed E-state index contributed by atoms with van der Waals surface area (Å²) in [7, 11) is 0. The third-order valence-corrected chi connectivity index (χ3v) is 5.63. The number of imidazole rings is 1. The highest BCUT2D eigenvalue weighted by molar-refractivity contribution is 5.92. The van der Waals surface area contributed by atoms with Gasteiger partial charge in [-0.05, 0) is 30.7 Å². The maximum atomic E-state index is 14.5. The van der Waals surface area contributed by atoms with Crippen molar-refractivity contribution in [1.82, 2.24) is 14.5 Å². The minimum absolute atomic E-state index is 0.0731. The lowest BCUT2D eigenvalue weighted by Crippen LogP contribution is -2.34. The van der Waals surface area contributed by atoms with Crippen LogP contribution in [0.3, 0.4) is 0 Å². The van der Waals surface area contributed by atoms with Gasteiger partial charge in [0.25, 0.3) is 0 Å². The third-order valence-electron chi connectivity index (χ3n) is 5.63. The van der Waals surface area contributed by atoms with Crippen LogP contribution in [0.15, 0.2) is 18.5 Å². The number of nitrogens with two attached hydrogens (primary N) is 1. The van der Waals surface area contributed by atoms with Crippen LogP contribution in [-0.2, 0) is 17.8 Å². The minimum Gasteiger partial charge on any atom is -0.328 e. The number of fused-ring (bicyclic) bond motifs is 1. The van der Waals surface area contributed by atoms with E-state index in [2.05, 4.69) is 33.7 Å². The van der Waals surface area contributed by atoms with Crippen LogP contribution in [0.2, 0.25) is 0 Å². The highest BCUT2D eigenvalue weighted by atomic mass is 19.1. The number of carbonyl (C=O) groups is 1. The van der Waals surface area contributed by atoms with Gasteiger partial charge in [0.15, 0.2) is 5.82 Å². The lowest BCUT2D eigenvalue weighted by Gasteiger charge is -2.25. The predicted molar refractivity (Wildman–Crippen MR) is 101 cm³/mol. The van der Waals surface area contributed by atoms with E-state index in [1.807, 2.05) is 0 Å². The number of hydrogen-bond acceptors (Lipinski definition) is 4. The Morgan fingerprint density at radius 2 is 2.15 bits per heavy atom. The van der Waals surface area contributed by atoms with Crippen LogP contribution in [0.5, 0.6) is 0 Å². The average Bonchev–Trinajstić information content (AvgIpc) is 3.11. The molecule has 0 bridgehead atoms. The number of anilines is 1. The molecule has 1 aliphatic carbocycles. The minimum atomic E-state index is -0.417. The summed E-state index contributed by atoms with van der Waals surface area (Å²) >= 11 is 0. The summed E-state index contributed by atoms with van der Waals surface area (Å²) < 4.78 is 16.6. The lowest BCUT2D eigenvalue weighted by atomic mass is 9.85. The Labute approximate surface area is 158 Å². The standard InChI is InChI=1S/C20H26FN5O/c1-20(2)8-18-24-10-16(26(18)11-20)14-7-17(23-9-15(14)21)25-19(27)12-4-3-5-13(22)6-12/h7,9-10,12-13H,3-6,8,11,22H2,1-2H3,(H,23,25,27)/t12-,13+/m0/s1. The molecule has 1 amide bonds. The molecule has 2 aromatic heterocycles. The smallest absolute Gasteiger partial charge is 0.228 e. The first-order chi connectivity index (χ1) is 12.8. The molecule has 6 nitrogen and oxygen atoms in total. The van der Waals surface area contributed by atoms with Gasteiger partial charge in [0.2, 0.25) is 5.91 Å². The van der Waals surface area contributed by atoms with Crippen molar-refractivity contribution in [1.29, 1.82) is 0 Å². The zero-order valence-electron chi connectivity index (χ0n) is 15.8. The van der Waals surface area contributed by atoms with E-state index < -0.39 is 5.82 Å². The Hall–Kier alpha value is -2.28. The fraction of sp³-hybridized carbons (Fsp3) is 0.550. The van der Waals surface area contributed by atoms with Gasteiger partial charge in [0, 0.05) is 30.5 Å². The van der Waals surface area contributed by atoms with Crippen molar-refractivity contribution in [2.24, 2.45) is 17.1 Å². The Bertz CT molecular complexity index is 875. The first kappa shape index (κ1) is 18.1. The molecule has 1 aliphatic heterocycles. The molecule has 0 aromatic carbocycles. The second-order valence-electron chi connectivity index (χ2n) is 8.65. The van der Waals surface area contributed by atoms with Crippen LogP contribution < -0.4 is 11.1 Å². The maximum absolute atomic E-state index is 14.5. The van der Waals surface area contributed by atoms with Crippen molar-refractivity contribution < 1.29 is 9.18 Å². The summed E-state index contributed by atoms with van der Waals surface area (Å²) in [4.78, 5) is 21.1. The Balaban J connectivity index is 1.57. The summed E-state index contributed by atoms with van der Waals surface area (Å²) in [5, 5.41) is 2.84. The van der Waals surface area contributed by atoms with Gasteiger partial charge in [-0.2, -0.15) is 0 Å². The zero-order valence-corrected chi connectivity index (χ0v) is 15.8. The molecule has 3 heterocycles. The number of nitrogens with zero attached hydrogens (tertiary/aromatic N) is 3. The van der Waals surface area contributed by atoms with Crippen LogP contribution >= 0.6 is 0 Å². The zero-order chi connectivity index (χ0) is 19.2. The number of amides is 1. The van der Waals surface area contributed by atoms with E-state index in [0.717, 1.165) is 49.9 Å². The number of nitrogens with one attached hydrogen (secondary N) is 1. The summed E-state index contributed by atoms with van der Waals surface area (Å²) in [5.41, 5.74) is 7.23. The second-order valence-corrected chi connectivity index (χ2v) is 8.65. The summed E-state index contributed by atoms with van der Waals surface area (Å²) in [5.74, 6) is 0.718. The first-order valence-corrected chi connectivity index (χ1v) is 9.59. The maximum Gasteiger partial charge on any atom is 0.228 e. The van der Waals surface area contributed by atoms with Crippen molar-refractivity contribution in [3.63, 3.8) is 0 Å². The van der Waals surface area contributed by atoms with Crippen LogP contribution in [0.4, 0.5) is 10.2 Å². The van der Waals surface area contributed by atoms with Crippen LogP contribution in [0.1, 0.15) is 45.4 Å². The molecule has 0 saturated heterocycles. The Morgan fingerprint density at radius 3 is 2.93 bits per heavy atom. The number of carbonyl (C=O) groups excluding carboxylic acids is 1. The molecular weight excluding hydrogens is 345 g/mol. The van der Waals surface area contributed by atoms with E-state index in [9.17, 15) is 9.18 Å². The molecule has 0 spiro atoms. The average molecular weight is 371 g/mol. The third kappa shape index (κ3) is 3.60. The highest BCUT2D eigenvalue weighted by Crippen LogP contribution is 2.36. The molecule has 2 atom stereocenters. The van der Waals surface area contributed by atoms with Gasteiger partial charge >= 0.3 is 0 Å². The second kappa shape index (κ2) is 6.71. The lowest BCUT2D eigenvalue weighted by molar-refractivity contribution is -0.120. The molecule has 144 valence electrons. The molecule has 1 fully saturated rings. The molecule has 2 aromatic rings. The van der Waals surface area contributed by atoms with Gasteiger partial charge in [-0.25, -0.2) is 14.4 Å². The summed E-state index contributed by atoms with van der Waals surface area (Å²) in [6.45, 7) is 5.14. The Morgan fingerprint density at radius 1 is 1.33 bits per heavy atom. The van der Waals surface area contributed by atoms with Crippen molar-refractivity contribution in [2.75, 3.05) is 5.32 Å². The fourth-order valence-electron chi connectivity index (χ4n) is 4.26. The molecule has 4 rings (SSSR count). The predicted octanol–water partition coefficient (Wildman–Crippen LogP) is 3.12. The molecule has 27 heavy (non-hydrogen) atoms. The van der Waals surface area contributed by atoms with Crippen LogP contribution in [-0.4, -0.2) is 26.5 Å². The van der Waals surface area contributed by atoms with Crippen molar-refractivity contribution in [3.8, 4) is 11.3 Å². The topological polar surface area (TPSA) is 85.8 Å². The molecule has 3 N–H and O–H groups in total. The number of aromatic nitrogens is 3. The molecular formula is C20H26FN5O. The van der Waals surface area contributed by atoms with E-state index >= 15 is 0 Å². The van der Waals surface area contributed by atoms with Gasteiger partial charge in [-0.15, -0.1) is 0 Å². The molecule has 0 unspecified atom stereocenters. The van der Waals surface area contributed by atoms with Crippen LogP contribution in [0, 0.1) is 17.2 Å². The normalized spacial score (nSPS) is 23.9. The van der Waals surface area contributed by atoms with E-state index in [4.69, 9.17) is 5.73 Å². The monoisotopic (exact) mass is 371 g/mol. The van der Waals surface area contributed by atoms with E-state index in [0.29, 0.717) is 17.8 Å².